The van der Waals surface area contributed by atoms with Crippen molar-refractivity contribution < 1.29 is 14.6 Å². The minimum atomic E-state index is -0.184. The van der Waals surface area contributed by atoms with E-state index in [9.17, 15) is 4.79 Å². The van der Waals surface area contributed by atoms with Gasteiger partial charge in [-0.05, 0) is 19.8 Å². The lowest BCUT2D eigenvalue weighted by Crippen LogP contribution is -2.59. The number of aliphatic hydroxyl groups excluding tert-OH is 1. The van der Waals surface area contributed by atoms with Crippen molar-refractivity contribution in [1.82, 2.24) is 10.6 Å². The van der Waals surface area contributed by atoms with E-state index in [2.05, 4.69) is 10.6 Å². The van der Waals surface area contributed by atoms with Gasteiger partial charge in [-0.15, -0.1) is 0 Å². The number of carbonyl (C=O) groups excluding carboxylic acids is 1. The highest BCUT2D eigenvalue weighted by Crippen LogP contribution is 2.14. The molecule has 0 aromatic heterocycles. The van der Waals surface area contributed by atoms with Crippen LogP contribution in [0.4, 0.5) is 0 Å². The van der Waals surface area contributed by atoms with Crippen LogP contribution in [-0.4, -0.2) is 49.0 Å². The number of ether oxygens (including phenoxy) is 1. The predicted octanol–water partition coefficient (Wildman–Crippen LogP) is -0.358. The third-order valence-corrected chi connectivity index (χ3v) is 2.89. The summed E-state index contributed by atoms with van der Waals surface area (Å²) in [7, 11) is 0. The van der Waals surface area contributed by atoms with Crippen LogP contribution in [0.25, 0.3) is 0 Å². The molecule has 5 nitrogen and oxygen atoms in total. The van der Waals surface area contributed by atoms with E-state index >= 15 is 0 Å². The van der Waals surface area contributed by atoms with Gasteiger partial charge in [0.15, 0.2) is 0 Å². The number of nitrogens with one attached hydrogen (secondary N) is 2. The fraction of sp³-hybridized carbons (Fsp3) is 0.909. The monoisotopic (exact) mass is 230 g/mol. The molecule has 0 saturated carbocycles. The SMILES string of the molecule is CCC(CCO)NC(=O)COC1(C)CNC1. The van der Waals surface area contributed by atoms with Gasteiger partial charge < -0.3 is 20.5 Å². The first kappa shape index (κ1) is 13.4. The highest BCUT2D eigenvalue weighted by Gasteiger charge is 2.33. The Balaban J connectivity index is 2.18. The van der Waals surface area contributed by atoms with Crippen LogP contribution >= 0.6 is 0 Å². The molecule has 0 aliphatic carbocycles. The van der Waals surface area contributed by atoms with Crippen molar-refractivity contribution in [3.8, 4) is 0 Å². The van der Waals surface area contributed by atoms with Crippen LogP contribution in [0, 0.1) is 0 Å². The first-order chi connectivity index (χ1) is 7.59. The van der Waals surface area contributed by atoms with E-state index in [4.69, 9.17) is 9.84 Å². The number of amides is 1. The van der Waals surface area contributed by atoms with E-state index in [0.717, 1.165) is 19.5 Å². The molecule has 0 aromatic rings. The van der Waals surface area contributed by atoms with Crippen molar-refractivity contribution >= 4 is 5.91 Å². The second kappa shape index (κ2) is 6.18. The Morgan fingerprint density at radius 3 is 2.75 bits per heavy atom. The summed E-state index contributed by atoms with van der Waals surface area (Å²) < 4.78 is 5.51. The highest BCUT2D eigenvalue weighted by atomic mass is 16.5. The first-order valence-corrected chi connectivity index (χ1v) is 5.84. The van der Waals surface area contributed by atoms with Gasteiger partial charge in [0.25, 0.3) is 0 Å². The number of hydrogen-bond acceptors (Lipinski definition) is 4. The maximum absolute atomic E-state index is 11.5. The van der Waals surface area contributed by atoms with E-state index < -0.39 is 0 Å². The molecule has 1 heterocycles. The van der Waals surface area contributed by atoms with Crippen molar-refractivity contribution in [3.05, 3.63) is 0 Å². The summed E-state index contributed by atoms with van der Waals surface area (Å²) in [5.41, 5.74) is -0.184. The summed E-state index contributed by atoms with van der Waals surface area (Å²) >= 11 is 0. The molecule has 0 bridgehead atoms. The largest absolute Gasteiger partial charge is 0.396 e. The lowest BCUT2D eigenvalue weighted by molar-refractivity contribution is -0.136. The van der Waals surface area contributed by atoms with Crippen molar-refractivity contribution in [2.75, 3.05) is 26.3 Å². The van der Waals surface area contributed by atoms with Crippen molar-refractivity contribution in [3.63, 3.8) is 0 Å². The minimum Gasteiger partial charge on any atom is -0.396 e. The van der Waals surface area contributed by atoms with Crippen LogP contribution in [0.3, 0.4) is 0 Å². The van der Waals surface area contributed by atoms with Gasteiger partial charge >= 0.3 is 0 Å². The summed E-state index contributed by atoms with van der Waals surface area (Å²) in [5.74, 6) is -0.103. The Kier molecular flexibility index (Phi) is 5.18. The molecule has 0 spiro atoms. The maximum Gasteiger partial charge on any atom is 0.246 e. The highest BCUT2D eigenvalue weighted by molar-refractivity contribution is 5.77. The number of carbonyl (C=O) groups is 1. The van der Waals surface area contributed by atoms with E-state index in [1.165, 1.54) is 0 Å². The average Bonchev–Trinajstić information content (AvgIpc) is 2.23. The predicted molar refractivity (Wildman–Crippen MR) is 61.2 cm³/mol. The second-order valence-corrected chi connectivity index (χ2v) is 4.53. The summed E-state index contributed by atoms with van der Waals surface area (Å²) in [4.78, 5) is 11.5. The molecule has 1 aliphatic heterocycles. The Bertz CT molecular complexity index is 229. The Morgan fingerprint density at radius 2 is 2.31 bits per heavy atom. The number of hydrogen-bond donors (Lipinski definition) is 3. The van der Waals surface area contributed by atoms with Gasteiger partial charge in [0.05, 0.1) is 5.60 Å². The van der Waals surface area contributed by atoms with Gasteiger partial charge in [-0.3, -0.25) is 4.79 Å². The molecule has 1 fully saturated rings. The summed E-state index contributed by atoms with van der Waals surface area (Å²) in [6, 6.07) is 0.0495. The Labute approximate surface area is 96.6 Å². The molecule has 94 valence electrons. The van der Waals surface area contributed by atoms with Crippen LogP contribution < -0.4 is 10.6 Å². The van der Waals surface area contributed by atoms with E-state index in [-0.39, 0.29) is 30.8 Å². The molecule has 1 aliphatic rings. The zero-order chi connectivity index (χ0) is 12.0. The quantitative estimate of drug-likeness (QED) is 0.559. The molecule has 1 amide bonds. The molecule has 0 radical (unpaired) electrons. The molecule has 0 aromatic carbocycles. The fourth-order valence-electron chi connectivity index (χ4n) is 1.62. The minimum absolute atomic E-state index is 0.0495. The topological polar surface area (TPSA) is 70.6 Å². The van der Waals surface area contributed by atoms with Crippen molar-refractivity contribution in [2.45, 2.75) is 38.3 Å². The molecular formula is C11H22N2O3. The van der Waals surface area contributed by atoms with Crippen LogP contribution in [0.2, 0.25) is 0 Å². The van der Waals surface area contributed by atoms with Gasteiger partial charge in [-0.1, -0.05) is 6.92 Å². The lowest BCUT2D eigenvalue weighted by atomic mass is 10.0. The van der Waals surface area contributed by atoms with E-state index in [1.54, 1.807) is 0 Å². The average molecular weight is 230 g/mol. The van der Waals surface area contributed by atoms with Crippen molar-refractivity contribution in [2.24, 2.45) is 0 Å². The standard InChI is InChI=1S/C11H22N2O3/c1-3-9(4-5-14)13-10(15)6-16-11(2)7-12-8-11/h9,12,14H,3-8H2,1-2H3,(H,13,15). The summed E-state index contributed by atoms with van der Waals surface area (Å²) in [6.07, 6.45) is 1.42. The normalized spacial score (nSPS) is 19.9. The zero-order valence-electron chi connectivity index (χ0n) is 10.1. The number of rotatable bonds is 7. The Morgan fingerprint density at radius 1 is 1.62 bits per heavy atom. The molecular weight excluding hydrogens is 208 g/mol. The van der Waals surface area contributed by atoms with Gasteiger partial charge in [-0.2, -0.15) is 0 Å². The van der Waals surface area contributed by atoms with Crippen LogP contribution in [0.5, 0.6) is 0 Å². The molecule has 5 heteroatoms. The third-order valence-electron chi connectivity index (χ3n) is 2.89. The van der Waals surface area contributed by atoms with Gasteiger partial charge in [-0.25, -0.2) is 0 Å². The number of aliphatic hydroxyl groups is 1. The molecule has 1 atom stereocenters. The molecule has 16 heavy (non-hydrogen) atoms. The van der Waals surface area contributed by atoms with Crippen LogP contribution in [0.1, 0.15) is 26.7 Å². The summed E-state index contributed by atoms with van der Waals surface area (Å²) in [5, 5.41) is 14.7. The molecule has 1 rings (SSSR count). The van der Waals surface area contributed by atoms with Crippen LogP contribution in [-0.2, 0) is 9.53 Å². The maximum atomic E-state index is 11.5. The third kappa shape index (κ3) is 4.08. The molecule has 1 saturated heterocycles. The van der Waals surface area contributed by atoms with E-state index in [0.29, 0.717) is 6.42 Å². The summed E-state index contributed by atoms with van der Waals surface area (Å²) in [6.45, 7) is 5.77. The fourth-order valence-corrected chi connectivity index (χ4v) is 1.62. The van der Waals surface area contributed by atoms with Gasteiger partial charge in [0, 0.05) is 25.7 Å². The smallest absolute Gasteiger partial charge is 0.246 e. The van der Waals surface area contributed by atoms with Crippen LogP contribution in [0.15, 0.2) is 0 Å². The van der Waals surface area contributed by atoms with E-state index in [1.807, 2.05) is 13.8 Å². The molecule has 1 unspecified atom stereocenters. The second-order valence-electron chi connectivity index (χ2n) is 4.53. The Hall–Kier alpha value is -0.650. The lowest BCUT2D eigenvalue weighted by Gasteiger charge is -2.38. The van der Waals surface area contributed by atoms with Gasteiger partial charge in [0.2, 0.25) is 5.91 Å². The van der Waals surface area contributed by atoms with Gasteiger partial charge in [0.1, 0.15) is 6.61 Å². The van der Waals surface area contributed by atoms with Crippen molar-refractivity contribution in [1.29, 1.82) is 0 Å². The first-order valence-electron chi connectivity index (χ1n) is 5.84. The molecule has 3 N–H and O–H groups in total. The zero-order valence-corrected chi connectivity index (χ0v) is 10.1.